The minimum atomic E-state index is 0.366. The summed E-state index contributed by atoms with van der Waals surface area (Å²) in [4.78, 5) is 4.82. The molecule has 1 aliphatic rings. The van der Waals surface area contributed by atoms with E-state index in [1.54, 1.807) is 0 Å². The number of piperidine rings is 1. The van der Waals surface area contributed by atoms with E-state index in [2.05, 4.69) is 50.0 Å². The van der Waals surface area contributed by atoms with Crippen molar-refractivity contribution in [1.82, 2.24) is 15.1 Å². The van der Waals surface area contributed by atoms with Gasteiger partial charge in [0.1, 0.15) is 0 Å². The maximum atomic E-state index is 3.76. The summed E-state index contributed by atoms with van der Waals surface area (Å²) in [5, 5.41) is 3.76. The van der Waals surface area contributed by atoms with E-state index in [4.69, 9.17) is 0 Å². The van der Waals surface area contributed by atoms with Gasteiger partial charge in [0, 0.05) is 19.1 Å². The van der Waals surface area contributed by atoms with Crippen LogP contribution < -0.4 is 5.32 Å². The molecular weight excluding hydrogens is 210 g/mol. The van der Waals surface area contributed by atoms with E-state index >= 15 is 0 Å². The van der Waals surface area contributed by atoms with Crippen LogP contribution in [0.3, 0.4) is 0 Å². The molecule has 0 spiro atoms. The summed E-state index contributed by atoms with van der Waals surface area (Å²) in [5.41, 5.74) is 0.366. The van der Waals surface area contributed by atoms with Crippen molar-refractivity contribution in [2.75, 3.05) is 46.8 Å². The van der Waals surface area contributed by atoms with E-state index in [-0.39, 0.29) is 0 Å². The average molecular weight is 241 g/mol. The Morgan fingerprint density at radius 2 is 1.82 bits per heavy atom. The van der Waals surface area contributed by atoms with Gasteiger partial charge in [-0.05, 0) is 52.0 Å². The van der Waals surface area contributed by atoms with Crippen LogP contribution in [-0.4, -0.2) is 62.7 Å². The van der Waals surface area contributed by atoms with Gasteiger partial charge in [-0.3, -0.25) is 0 Å². The normalized spacial score (nSPS) is 20.1. The highest BCUT2D eigenvalue weighted by Gasteiger charge is 2.22. The lowest BCUT2D eigenvalue weighted by molar-refractivity contribution is 0.181. The first kappa shape index (κ1) is 14.9. The third kappa shape index (κ3) is 5.84. The highest BCUT2D eigenvalue weighted by molar-refractivity contribution is 4.81. The van der Waals surface area contributed by atoms with E-state index in [0.29, 0.717) is 5.41 Å². The number of hydrogen-bond donors (Lipinski definition) is 1. The number of rotatable bonds is 6. The fourth-order valence-electron chi connectivity index (χ4n) is 2.79. The molecule has 0 radical (unpaired) electrons. The van der Waals surface area contributed by atoms with Gasteiger partial charge in [-0.1, -0.05) is 20.8 Å². The molecule has 102 valence electrons. The Kier molecular flexibility index (Phi) is 5.90. The topological polar surface area (TPSA) is 18.5 Å². The number of hydrogen-bond acceptors (Lipinski definition) is 3. The van der Waals surface area contributed by atoms with Crippen molar-refractivity contribution in [3.05, 3.63) is 0 Å². The van der Waals surface area contributed by atoms with Crippen LogP contribution >= 0.6 is 0 Å². The van der Waals surface area contributed by atoms with Crippen LogP contribution in [0.5, 0.6) is 0 Å². The lowest BCUT2D eigenvalue weighted by atomic mass is 9.92. The van der Waals surface area contributed by atoms with Crippen LogP contribution in [0.4, 0.5) is 0 Å². The Hall–Kier alpha value is -0.120. The summed E-state index contributed by atoms with van der Waals surface area (Å²) in [6, 6.07) is 0.735. The lowest BCUT2D eigenvalue weighted by Crippen LogP contribution is -2.46. The van der Waals surface area contributed by atoms with E-state index in [0.717, 1.165) is 19.1 Å². The zero-order valence-corrected chi connectivity index (χ0v) is 12.4. The monoisotopic (exact) mass is 241 g/mol. The van der Waals surface area contributed by atoms with Gasteiger partial charge < -0.3 is 15.1 Å². The fourth-order valence-corrected chi connectivity index (χ4v) is 2.79. The van der Waals surface area contributed by atoms with Crippen LogP contribution in [0.25, 0.3) is 0 Å². The predicted molar refractivity (Wildman–Crippen MR) is 75.5 cm³/mol. The molecule has 3 heteroatoms. The van der Waals surface area contributed by atoms with Crippen LogP contribution in [0.2, 0.25) is 0 Å². The summed E-state index contributed by atoms with van der Waals surface area (Å²) in [6.07, 6.45) is 2.62. The zero-order valence-electron chi connectivity index (χ0n) is 12.4. The lowest BCUT2D eigenvalue weighted by Gasteiger charge is -2.35. The van der Waals surface area contributed by atoms with Gasteiger partial charge in [-0.25, -0.2) is 0 Å². The Morgan fingerprint density at radius 3 is 2.29 bits per heavy atom. The van der Waals surface area contributed by atoms with Gasteiger partial charge in [0.25, 0.3) is 0 Å². The van der Waals surface area contributed by atoms with Crippen molar-refractivity contribution >= 4 is 0 Å². The molecule has 0 aromatic rings. The summed E-state index contributed by atoms with van der Waals surface area (Å²) >= 11 is 0. The molecule has 1 N–H and O–H groups in total. The summed E-state index contributed by atoms with van der Waals surface area (Å²) < 4.78 is 0. The van der Waals surface area contributed by atoms with Crippen LogP contribution in [0.1, 0.15) is 33.6 Å². The Bertz CT molecular complexity index is 206. The molecule has 1 aliphatic heterocycles. The zero-order chi connectivity index (χ0) is 12.9. The molecule has 0 saturated carbocycles. The summed E-state index contributed by atoms with van der Waals surface area (Å²) in [7, 11) is 4.31. The minimum absolute atomic E-state index is 0.366. The first-order chi connectivity index (χ1) is 7.93. The summed E-state index contributed by atoms with van der Waals surface area (Å²) in [5.74, 6) is 0. The number of likely N-dealkylation sites (tertiary alicyclic amines) is 1. The SMILES string of the molecule is CCN1CCC(NCC(C)(C)CN(C)C)CC1. The molecule has 0 amide bonds. The Balaban J connectivity index is 2.22. The van der Waals surface area contributed by atoms with Crippen molar-refractivity contribution in [2.45, 2.75) is 39.7 Å². The molecule has 0 atom stereocenters. The Morgan fingerprint density at radius 1 is 1.24 bits per heavy atom. The first-order valence-electron chi connectivity index (χ1n) is 7.03. The number of nitrogens with one attached hydrogen (secondary N) is 1. The highest BCUT2D eigenvalue weighted by Crippen LogP contribution is 2.16. The van der Waals surface area contributed by atoms with Crippen molar-refractivity contribution in [3.63, 3.8) is 0 Å². The van der Waals surface area contributed by atoms with E-state index < -0.39 is 0 Å². The molecule has 1 saturated heterocycles. The molecule has 0 bridgehead atoms. The summed E-state index contributed by atoms with van der Waals surface area (Å²) in [6.45, 7) is 13.0. The van der Waals surface area contributed by atoms with Crippen molar-refractivity contribution in [2.24, 2.45) is 5.41 Å². The molecule has 0 aliphatic carbocycles. The maximum absolute atomic E-state index is 3.76. The van der Waals surface area contributed by atoms with Crippen molar-refractivity contribution < 1.29 is 0 Å². The van der Waals surface area contributed by atoms with E-state index in [9.17, 15) is 0 Å². The average Bonchev–Trinajstić information content (AvgIpc) is 2.25. The Labute approximate surface area is 108 Å². The van der Waals surface area contributed by atoms with Gasteiger partial charge in [0.2, 0.25) is 0 Å². The molecule has 1 fully saturated rings. The molecular formula is C14H31N3. The second-order valence-electron chi connectivity index (χ2n) is 6.49. The standard InChI is InChI=1S/C14H31N3/c1-6-17-9-7-13(8-10-17)15-11-14(2,3)12-16(4)5/h13,15H,6-12H2,1-5H3. The van der Waals surface area contributed by atoms with Gasteiger partial charge >= 0.3 is 0 Å². The second-order valence-corrected chi connectivity index (χ2v) is 6.49. The minimum Gasteiger partial charge on any atom is -0.313 e. The number of nitrogens with zero attached hydrogens (tertiary/aromatic N) is 2. The van der Waals surface area contributed by atoms with Crippen LogP contribution in [0, 0.1) is 5.41 Å². The second kappa shape index (κ2) is 6.72. The third-order valence-corrected chi connectivity index (χ3v) is 3.65. The predicted octanol–water partition coefficient (Wildman–Crippen LogP) is 1.65. The van der Waals surface area contributed by atoms with Crippen LogP contribution in [0.15, 0.2) is 0 Å². The third-order valence-electron chi connectivity index (χ3n) is 3.65. The fraction of sp³-hybridized carbons (Fsp3) is 1.00. The molecule has 0 aromatic heterocycles. The van der Waals surface area contributed by atoms with E-state index in [1.165, 1.54) is 32.5 Å². The van der Waals surface area contributed by atoms with Gasteiger partial charge in [-0.15, -0.1) is 0 Å². The largest absolute Gasteiger partial charge is 0.313 e. The molecule has 17 heavy (non-hydrogen) atoms. The van der Waals surface area contributed by atoms with Gasteiger partial charge in [0.05, 0.1) is 0 Å². The highest BCUT2D eigenvalue weighted by atomic mass is 15.1. The van der Waals surface area contributed by atoms with Crippen LogP contribution in [-0.2, 0) is 0 Å². The molecule has 0 unspecified atom stereocenters. The maximum Gasteiger partial charge on any atom is 0.00916 e. The molecule has 1 heterocycles. The molecule has 0 aromatic carbocycles. The van der Waals surface area contributed by atoms with Gasteiger partial charge in [-0.2, -0.15) is 0 Å². The smallest absolute Gasteiger partial charge is 0.00916 e. The quantitative estimate of drug-likeness (QED) is 0.763. The van der Waals surface area contributed by atoms with Gasteiger partial charge in [0.15, 0.2) is 0 Å². The van der Waals surface area contributed by atoms with Crippen molar-refractivity contribution in [1.29, 1.82) is 0 Å². The van der Waals surface area contributed by atoms with E-state index in [1.807, 2.05) is 0 Å². The molecule has 1 rings (SSSR count). The first-order valence-corrected chi connectivity index (χ1v) is 7.03. The molecule has 3 nitrogen and oxygen atoms in total. The van der Waals surface area contributed by atoms with Crippen molar-refractivity contribution in [3.8, 4) is 0 Å².